The minimum absolute atomic E-state index is 0.0922. The lowest BCUT2D eigenvalue weighted by atomic mass is 10.2. The molecule has 1 aromatic carbocycles. The van der Waals surface area contributed by atoms with E-state index in [-0.39, 0.29) is 11.0 Å². The van der Waals surface area contributed by atoms with Crippen LogP contribution in [0.1, 0.15) is 5.69 Å². The van der Waals surface area contributed by atoms with Crippen molar-refractivity contribution in [2.75, 3.05) is 5.32 Å². The summed E-state index contributed by atoms with van der Waals surface area (Å²) in [6.45, 7) is 1.29. The molecule has 2 aromatic rings. The Labute approximate surface area is 120 Å². The Bertz CT molecular complexity index is 719. The fraction of sp³-hybridized carbons (Fsp3) is 0.0909. The molecule has 2 rings (SSSR count). The van der Waals surface area contributed by atoms with E-state index >= 15 is 0 Å². The summed E-state index contributed by atoms with van der Waals surface area (Å²) >= 11 is 5.57. The number of rotatable bonds is 3. The van der Waals surface area contributed by atoms with Gasteiger partial charge in [-0.25, -0.2) is 18.2 Å². The van der Waals surface area contributed by atoms with E-state index in [1.807, 2.05) is 0 Å². The van der Waals surface area contributed by atoms with Gasteiger partial charge < -0.3 is 5.32 Å². The molecule has 0 aliphatic rings. The highest BCUT2D eigenvalue weighted by Gasteiger charge is 2.24. The molecule has 0 unspecified atom stereocenters. The van der Waals surface area contributed by atoms with Crippen molar-refractivity contribution in [1.29, 1.82) is 0 Å². The quantitative estimate of drug-likeness (QED) is 0.532. The van der Waals surface area contributed by atoms with E-state index in [1.165, 1.54) is 6.92 Å². The van der Waals surface area contributed by atoms with E-state index in [0.717, 1.165) is 0 Å². The molecule has 10 heteroatoms. The maximum Gasteiger partial charge on any atom is 0.332 e. The Morgan fingerprint density at radius 2 is 1.81 bits per heavy atom. The van der Waals surface area contributed by atoms with Crippen LogP contribution in [0, 0.1) is 34.5 Å². The normalized spacial score (nSPS) is 10.5. The van der Waals surface area contributed by atoms with Gasteiger partial charge in [-0.2, -0.15) is 4.98 Å². The van der Waals surface area contributed by atoms with Crippen LogP contribution in [0.2, 0.25) is 5.28 Å². The highest BCUT2D eigenvalue weighted by molar-refractivity contribution is 6.28. The van der Waals surface area contributed by atoms with Crippen molar-refractivity contribution >= 4 is 28.8 Å². The molecule has 0 spiro atoms. The van der Waals surface area contributed by atoms with Crippen molar-refractivity contribution in [3.05, 3.63) is 50.7 Å². The molecule has 21 heavy (non-hydrogen) atoms. The van der Waals surface area contributed by atoms with Gasteiger partial charge in [-0.1, -0.05) is 0 Å². The fourth-order valence-corrected chi connectivity index (χ4v) is 1.83. The maximum absolute atomic E-state index is 13.5. The summed E-state index contributed by atoms with van der Waals surface area (Å²) < 4.78 is 39.9. The van der Waals surface area contributed by atoms with E-state index in [2.05, 4.69) is 15.3 Å². The lowest BCUT2D eigenvalue weighted by molar-refractivity contribution is -0.385. The van der Waals surface area contributed by atoms with Crippen molar-refractivity contribution in [3.8, 4) is 0 Å². The van der Waals surface area contributed by atoms with Gasteiger partial charge >= 0.3 is 5.69 Å². The van der Waals surface area contributed by atoms with Crippen LogP contribution in [0.25, 0.3) is 0 Å². The van der Waals surface area contributed by atoms with Crippen LogP contribution in [0.4, 0.5) is 30.4 Å². The highest BCUT2D eigenvalue weighted by atomic mass is 35.5. The molecule has 1 aromatic heterocycles. The van der Waals surface area contributed by atoms with Gasteiger partial charge in [0.25, 0.3) is 0 Å². The predicted octanol–water partition coefficient (Wildman–Crippen LogP) is 3.51. The first kappa shape index (κ1) is 15.0. The number of hydrogen-bond acceptors (Lipinski definition) is 5. The molecule has 0 saturated heterocycles. The second-order valence-electron chi connectivity index (χ2n) is 3.90. The van der Waals surface area contributed by atoms with Gasteiger partial charge in [0.2, 0.25) is 11.1 Å². The SMILES string of the molecule is Cc1nc(Cl)nc(Nc2c(F)cc(F)cc2F)c1[N+](=O)[O-]. The Balaban J connectivity index is 2.57. The van der Waals surface area contributed by atoms with Crippen molar-refractivity contribution in [1.82, 2.24) is 9.97 Å². The number of nitro groups is 1. The van der Waals surface area contributed by atoms with E-state index in [0.29, 0.717) is 12.1 Å². The van der Waals surface area contributed by atoms with E-state index < -0.39 is 39.6 Å². The largest absolute Gasteiger partial charge is 0.332 e. The average molecular weight is 319 g/mol. The van der Waals surface area contributed by atoms with E-state index in [4.69, 9.17) is 11.6 Å². The molecule has 0 aliphatic heterocycles. The fourth-order valence-electron chi connectivity index (χ4n) is 1.62. The summed E-state index contributed by atoms with van der Waals surface area (Å²) in [4.78, 5) is 17.2. The standard InChI is InChI=1S/C11H6ClF3N4O2/c1-4-9(19(20)21)10(18-11(12)16-4)17-8-6(14)2-5(13)3-7(8)15/h2-3H,1H3,(H,16,17,18). The molecular weight excluding hydrogens is 313 g/mol. The lowest BCUT2D eigenvalue weighted by Gasteiger charge is -2.09. The molecule has 0 saturated carbocycles. The van der Waals surface area contributed by atoms with Crippen LogP contribution in [-0.2, 0) is 0 Å². The second kappa shape index (κ2) is 5.52. The third-order valence-electron chi connectivity index (χ3n) is 2.46. The first-order chi connectivity index (χ1) is 9.79. The minimum Gasteiger partial charge on any atom is -0.329 e. The molecular formula is C11H6ClF3N4O2. The number of hydrogen-bond donors (Lipinski definition) is 1. The first-order valence-electron chi connectivity index (χ1n) is 5.39. The number of nitrogens with zero attached hydrogens (tertiary/aromatic N) is 3. The molecule has 0 bridgehead atoms. The van der Waals surface area contributed by atoms with Crippen molar-refractivity contribution in [3.63, 3.8) is 0 Å². The summed E-state index contributed by atoms with van der Waals surface area (Å²) in [6.07, 6.45) is 0. The van der Waals surface area contributed by atoms with Crippen LogP contribution < -0.4 is 5.32 Å². The average Bonchev–Trinajstić information content (AvgIpc) is 2.32. The monoisotopic (exact) mass is 318 g/mol. The number of aryl methyl sites for hydroxylation is 1. The summed E-state index contributed by atoms with van der Waals surface area (Å²) in [6, 6.07) is 0.847. The van der Waals surface area contributed by atoms with Crippen LogP contribution in [0.3, 0.4) is 0 Å². The van der Waals surface area contributed by atoms with Gasteiger partial charge in [0.05, 0.1) is 4.92 Å². The molecule has 0 fully saturated rings. The Kier molecular flexibility index (Phi) is 3.94. The number of nitrogens with one attached hydrogen (secondary N) is 1. The Morgan fingerprint density at radius 1 is 1.24 bits per heavy atom. The number of halogens is 4. The zero-order valence-corrected chi connectivity index (χ0v) is 11.1. The summed E-state index contributed by atoms with van der Waals surface area (Å²) in [5.74, 6) is -4.16. The number of anilines is 2. The second-order valence-corrected chi connectivity index (χ2v) is 4.24. The molecule has 1 N–H and O–H groups in total. The summed E-state index contributed by atoms with van der Waals surface area (Å²) in [5, 5.41) is 12.7. The summed E-state index contributed by atoms with van der Waals surface area (Å²) in [5.41, 5.74) is -1.47. The van der Waals surface area contributed by atoms with Gasteiger partial charge in [0.1, 0.15) is 17.2 Å². The van der Waals surface area contributed by atoms with E-state index in [9.17, 15) is 23.3 Å². The lowest BCUT2D eigenvalue weighted by Crippen LogP contribution is -2.06. The van der Waals surface area contributed by atoms with E-state index in [1.54, 1.807) is 0 Å². The molecule has 6 nitrogen and oxygen atoms in total. The van der Waals surface area contributed by atoms with Gasteiger partial charge in [-0.05, 0) is 18.5 Å². The van der Waals surface area contributed by atoms with Gasteiger partial charge in [0.15, 0.2) is 11.6 Å². The predicted molar refractivity (Wildman–Crippen MR) is 68.0 cm³/mol. The topological polar surface area (TPSA) is 81.0 Å². The first-order valence-corrected chi connectivity index (χ1v) is 5.77. The third-order valence-corrected chi connectivity index (χ3v) is 2.63. The molecule has 1 heterocycles. The highest BCUT2D eigenvalue weighted by Crippen LogP contribution is 2.31. The smallest absolute Gasteiger partial charge is 0.329 e. The zero-order valence-electron chi connectivity index (χ0n) is 10.3. The Hall–Kier alpha value is -2.42. The molecule has 0 aliphatic carbocycles. The van der Waals surface area contributed by atoms with Gasteiger partial charge in [-0.3, -0.25) is 10.1 Å². The molecule has 0 amide bonds. The van der Waals surface area contributed by atoms with Crippen LogP contribution in [0.15, 0.2) is 12.1 Å². The number of benzene rings is 1. The maximum atomic E-state index is 13.5. The van der Waals surface area contributed by atoms with Crippen LogP contribution in [0.5, 0.6) is 0 Å². The minimum atomic E-state index is -1.27. The van der Waals surface area contributed by atoms with Crippen molar-refractivity contribution < 1.29 is 18.1 Å². The van der Waals surface area contributed by atoms with Crippen LogP contribution >= 0.6 is 11.6 Å². The Morgan fingerprint density at radius 3 is 2.33 bits per heavy atom. The van der Waals surface area contributed by atoms with Gasteiger partial charge in [-0.15, -0.1) is 0 Å². The summed E-state index contributed by atoms with van der Waals surface area (Å²) in [7, 11) is 0. The van der Waals surface area contributed by atoms with Crippen LogP contribution in [-0.4, -0.2) is 14.9 Å². The van der Waals surface area contributed by atoms with Crippen molar-refractivity contribution in [2.45, 2.75) is 6.92 Å². The zero-order chi connectivity index (χ0) is 15.7. The number of aromatic nitrogens is 2. The molecule has 110 valence electrons. The molecule has 0 atom stereocenters. The third kappa shape index (κ3) is 3.02. The molecule has 0 radical (unpaired) electrons. The van der Waals surface area contributed by atoms with Crippen molar-refractivity contribution in [2.24, 2.45) is 0 Å². The van der Waals surface area contributed by atoms with Gasteiger partial charge in [0, 0.05) is 12.1 Å².